The lowest BCUT2D eigenvalue weighted by molar-refractivity contribution is -0.219. The SMILES string of the molecule is O=P(O)(O)O[C@H]1[C@H](O)[C@H](O)[C@@H](O)[C@H](O)[C@H]1O. The van der Waals surface area contributed by atoms with E-state index in [0.29, 0.717) is 0 Å². The van der Waals surface area contributed by atoms with Gasteiger partial charge in [0.05, 0.1) is 0 Å². The average molecular weight is 260 g/mol. The summed E-state index contributed by atoms with van der Waals surface area (Å²) in [7, 11) is -5.01. The van der Waals surface area contributed by atoms with Crippen LogP contribution in [-0.4, -0.2) is 71.9 Å². The fourth-order valence-electron chi connectivity index (χ4n) is 1.48. The van der Waals surface area contributed by atoms with Gasteiger partial charge in [0, 0.05) is 0 Å². The lowest BCUT2D eigenvalue weighted by Gasteiger charge is -2.41. The van der Waals surface area contributed by atoms with Crippen molar-refractivity contribution >= 4 is 7.82 Å². The summed E-state index contributed by atoms with van der Waals surface area (Å²) in [6, 6.07) is 0. The number of phosphoric acid groups is 1. The minimum absolute atomic E-state index is 1.83. The van der Waals surface area contributed by atoms with Crippen molar-refractivity contribution in [2.24, 2.45) is 0 Å². The first-order valence-corrected chi connectivity index (χ1v) is 5.82. The molecule has 7 N–H and O–H groups in total. The van der Waals surface area contributed by atoms with Gasteiger partial charge in [0.25, 0.3) is 0 Å². The molecule has 0 radical (unpaired) electrons. The number of aliphatic hydroxyl groups is 5. The second kappa shape index (κ2) is 4.65. The predicted octanol–water partition coefficient (Wildman–Crippen LogP) is -3.72. The molecule has 1 rings (SSSR count). The summed E-state index contributed by atoms with van der Waals surface area (Å²) in [6.07, 6.45) is -11.3. The van der Waals surface area contributed by atoms with Crippen molar-refractivity contribution in [2.75, 3.05) is 0 Å². The van der Waals surface area contributed by atoms with Crippen LogP contribution in [-0.2, 0) is 9.09 Å². The molecule has 10 heteroatoms. The van der Waals surface area contributed by atoms with Crippen molar-refractivity contribution in [2.45, 2.75) is 36.6 Å². The Kier molecular flexibility index (Phi) is 4.06. The molecule has 0 spiro atoms. The van der Waals surface area contributed by atoms with Crippen molar-refractivity contribution in [1.82, 2.24) is 0 Å². The van der Waals surface area contributed by atoms with E-state index in [0.717, 1.165) is 0 Å². The Hall–Kier alpha value is -0.0900. The summed E-state index contributed by atoms with van der Waals surface area (Å²) in [5.41, 5.74) is 0. The maximum atomic E-state index is 10.5. The van der Waals surface area contributed by atoms with Crippen molar-refractivity contribution in [3.63, 3.8) is 0 Å². The lowest BCUT2D eigenvalue weighted by atomic mass is 9.85. The molecule has 1 aliphatic carbocycles. The van der Waals surface area contributed by atoms with E-state index in [9.17, 15) is 25.0 Å². The summed E-state index contributed by atoms with van der Waals surface area (Å²) in [4.78, 5) is 17.0. The molecule has 0 aliphatic heterocycles. The van der Waals surface area contributed by atoms with Crippen molar-refractivity contribution < 1.29 is 44.4 Å². The number of hydrogen-bond acceptors (Lipinski definition) is 7. The average Bonchev–Trinajstić information content (AvgIpc) is 2.17. The molecule has 0 heterocycles. The standard InChI is InChI=1S/C6H13O9P/c7-1-2(8)4(10)6(5(11)3(1)9)15-16(12,13)14/h1-11H,(H2,12,13,14)/t1-,2-,3+,4-,5-,6+/m1/s1. The molecular formula is C6H13O9P. The van der Waals surface area contributed by atoms with Gasteiger partial charge < -0.3 is 35.3 Å². The van der Waals surface area contributed by atoms with Gasteiger partial charge in [0.2, 0.25) is 0 Å². The minimum atomic E-state index is -5.01. The smallest absolute Gasteiger partial charge is 0.387 e. The van der Waals surface area contributed by atoms with E-state index in [1.165, 1.54) is 0 Å². The van der Waals surface area contributed by atoms with Crippen LogP contribution in [0.1, 0.15) is 0 Å². The van der Waals surface area contributed by atoms with Crippen molar-refractivity contribution in [3.05, 3.63) is 0 Å². The molecule has 0 saturated heterocycles. The molecule has 1 fully saturated rings. The third-order valence-electron chi connectivity index (χ3n) is 2.33. The van der Waals surface area contributed by atoms with Crippen LogP contribution in [0.15, 0.2) is 0 Å². The molecule has 0 aromatic heterocycles. The molecule has 96 valence electrons. The topological polar surface area (TPSA) is 168 Å². The van der Waals surface area contributed by atoms with Crippen LogP contribution in [0, 0.1) is 0 Å². The second-order valence-electron chi connectivity index (χ2n) is 3.51. The zero-order valence-corrected chi connectivity index (χ0v) is 8.75. The van der Waals surface area contributed by atoms with E-state index >= 15 is 0 Å². The number of phosphoric ester groups is 1. The van der Waals surface area contributed by atoms with E-state index in [4.69, 9.17) is 14.9 Å². The molecule has 6 atom stereocenters. The number of hydrogen-bond donors (Lipinski definition) is 7. The summed E-state index contributed by atoms with van der Waals surface area (Å²) < 4.78 is 14.5. The van der Waals surface area contributed by atoms with Crippen LogP contribution in [0.4, 0.5) is 0 Å². The largest absolute Gasteiger partial charge is 0.470 e. The first-order chi connectivity index (χ1) is 7.15. The third-order valence-corrected chi connectivity index (χ3v) is 2.85. The second-order valence-corrected chi connectivity index (χ2v) is 4.71. The van der Waals surface area contributed by atoms with E-state index in [2.05, 4.69) is 4.52 Å². The Morgan fingerprint density at radius 2 is 1.06 bits per heavy atom. The summed E-state index contributed by atoms with van der Waals surface area (Å²) in [5, 5.41) is 46.1. The van der Waals surface area contributed by atoms with Crippen LogP contribution in [0.25, 0.3) is 0 Å². The molecule has 0 bridgehead atoms. The molecule has 0 unspecified atom stereocenters. The number of aliphatic hydroxyl groups excluding tert-OH is 5. The van der Waals surface area contributed by atoms with E-state index in [-0.39, 0.29) is 0 Å². The van der Waals surface area contributed by atoms with Gasteiger partial charge in [-0.25, -0.2) is 4.57 Å². The van der Waals surface area contributed by atoms with Gasteiger partial charge >= 0.3 is 7.82 Å². The normalized spacial score (nSPS) is 45.7. The van der Waals surface area contributed by atoms with Crippen LogP contribution >= 0.6 is 7.82 Å². The molecule has 0 aromatic carbocycles. The Balaban J connectivity index is 2.87. The molecule has 0 aromatic rings. The molecular weight excluding hydrogens is 247 g/mol. The summed E-state index contributed by atoms with van der Waals surface area (Å²) >= 11 is 0. The Morgan fingerprint density at radius 1 is 0.750 bits per heavy atom. The monoisotopic (exact) mass is 260 g/mol. The zero-order chi connectivity index (χ0) is 12.7. The number of rotatable bonds is 2. The minimum Gasteiger partial charge on any atom is -0.387 e. The Morgan fingerprint density at radius 3 is 1.38 bits per heavy atom. The van der Waals surface area contributed by atoms with Gasteiger partial charge in [-0.05, 0) is 0 Å². The van der Waals surface area contributed by atoms with Crippen LogP contribution < -0.4 is 0 Å². The Labute approximate surface area is 89.8 Å². The van der Waals surface area contributed by atoms with Gasteiger partial charge in [-0.2, -0.15) is 0 Å². The highest BCUT2D eigenvalue weighted by molar-refractivity contribution is 7.46. The molecule has 9 nitrogen and oxygen atoms in total. The summed E-state index contributed by atoms with van der Waals surface area (Å²) in [5.74, 6) is 0. The van der Waals surface area contributed by atoms with Gasteiger partial charge in [0.15, 0.2) is 0 Å². The maximum Gasteiger partial charge on any atom is 0.470 e. The van der Waals surface area contributed by atoms with Crippen LogP contribution in [0.2, 0.25) is 0 Å². The first kappa shape index (κ1) is 14.0. The van der Waals surface area contributed by atoms with Crippen molar-refractivity contribution in [3.8, 4) is 0 Å². The third kappa shape index (κ3) is 2.77. The highest BCUT2D eigenvalue weighted by Gasteiger charge is 2.50. The predicted molar refractivity (Wildman–Crippen MR) is 47.0 cm³/mol. The molecule has 0 amide bonds. The Bertz CT molecular complexity index is 274. The van der Waals surface area contributed by atoms with Gasteiger partial charge in [-0.3, -0.25) is 4.52 Å². The van der Waals surface area contributed by atoms with E-state index < -0.39 is 44.4 Å². The van der Waals surface area contributed by atoms with Crippen LogP contribution in [0.5, 0.6) is 0 Å². The van der Waals surface area contributed by atoms with Gasteiger partial charge in [0.1, 0.15) is 36.6 Å². The molecule has 16 heavy (non-hydrogen) atoms. The fourth-order valence-corrected chi connectivity index (χ4v) is 2.05. The summed E-state index contributed by atoms with van der Waals surface area (Å²) in [6.45, 7) is 0. The fraction of sp³-hybridized carbons (Fsp3) is 1.00. The van der Waals surface area contributed by atoms with Crippen molar-refractivity contribution in [1.29, 1.82) is 0 Å². The van der Waals surface area contributed by atoms with E-state index in [1.54, 1.807) is 0 Å². The quantitative estimate of drug-likeness (QED) is 0.247. The molecule has 1 saturated carbocycles. The van der Waals surface area contributed by atoms with E-state index in [1.807, 2.05) is 0 Å². The van der Waals surface area contributed by atoms with Gasteiger partial charge in [-0.15, -0.1) is 0 Å². The first-order valence-electron chi connectivity index (χ1n) is 4.29. The van der Waals surface area contributed by atoms with Gasteiger partial charge in [-0.1, -0.05) is 0 Å². The maximum absolute atomic E-state index is 10.5. The van der Waals surface area contributed by atoms with Crippen LogP contribution in [0.3, 0.4) is 0 Å². The highest BCUT2D eigenvalue weighted by atomic mass is 31.2. The lowest BCUT2D eigenvalue weighted by Crippen LogP contribution is -2.64. The zero-order valence-electron chi connectivity index (χ0n) is 7.86. The highest BCUT2D eigenvalue weighted by Crippen LogP contribution is 2.41. The molecule has 1 aliphatic rings.